The van der Waals surface area contributed by atoms with Crippen LogP contribution < -0.4 is 5.32 Å². The average Bonchev–Trinajstić information content (AvgIpc) is 2.76. The molecule has 0 spiro atoms. The lowest BCUT2D eigenvalue weighted by Crippen LogP contribution is -2.29. The smallest absolute Gasteiger partial charge is 0.0947 e. The second-order valence-electron chi connectivity index (χ2n) is 4.37. The van der Waals surface area contributed by atoms with E-state index < -0.39 is 0 Å². The first-order valence-electron chi connectivity index (χ1n) is 6.00. The molecule has 0 aliphatic heterocycles. The maximum absolute atomic E-state index is 5.04. The Labute approximate surface area is 93.1 Å². The maximum atomic E-state index is 5.04. The molecule has 0 saturated heterocycles. The van der Waals surface area contributed by atoms with Crippen molar-refractivity contribution < 1.29 is 4.42 Å². The molecule has 1 heterocycles. The summed E-state index contributed by atoms with van der Waals surface area (Å²) in [6, 6.07) is 2.65. The van der Waals surface area contributed by atoms with Crippen LogP contribution in [0.4, 0.5) is 0 Å². The molecule has 2 atom stereocenters. The Bertz CT molecular complexity index is 243. The second-order valence-corrected chi connectivity index (χ2v) is 4.37. The minimum absolute atomic E-state index is 0.634. The van der Waals surface area contributed by atoms with Gasteiger partial charge >= 0.3 is 0 Å². The van der Waals surface area contributed by atoms with E-state index in [1.165, 1.54) is 24.8 Å². The summed E-state index contributed by atoms with van der Waals surface area (Å²) in [5, 5.41) is 3.58. The highest BCUT2D eigenvalue weighted by molar-refractivity contribution is 5.04. The van der Waals surface area contributed by atoms with Crippen molar-refractivity contribution in [2.75, 3.05) is 0 Å². The quantitative estimate of drug-likeness (QED) is 0.742. The fraction of sp³-hybridized carbons (Fsp3) is 0.692. The van der Waals surface area contributed by atoms with Crippen LogP contribution >= 0.6 is 0 Å². The molecule has 1 aromatic rings. The molecule has 0 aliphatic carbocycles. The van der Waals surface area contributed by atoms with E-state index in [0.29, 0.717) is 6.04 Å². The van der Waals surface area contributed by atoms with Gasteiger partial charge in [0.15, 0.2) is 0 Å². The van der Waals surface area contributed by atoms with E-state index in [-0.39, 0.29) is 0 Å². The van der Waals surface area contributed by atoms with Crippen LogP contribution in [0.5, 0.6) is 0 Å². The Morgan fingerprint density at radius 2 is 2.13 bits per heavy atom. The van der Waals surface area contributed by atoms with Crippen LogP contribution in [0.25, 0.3) is 0 Å². The summed E-state index contributed by atoms with van der Waals surface area (Å²) in [4.78, 5) is 0. The van der Waals surface area contributed by atoms with Crippen LogP contribution in [0.2, 0.25) is 0 Å². The van der Waals surface area contributed by atoms with Crippen LogP contribution in [0.15, 0.2) is 23.0 Å². The van der Waals surface area contributed by atoms with Gasteiger partial charge in [-0.2, -0.15) is 0 Å². The van der Waals surface area contributed by atoms with Gasteiger partial charge in [-0.05, 0) is 24.8 Å². The average molecular weight is 209 g/mol. The lowest BCUT2D eigenvalue weighted by atomic mass is 9.98. The molecule has 15 heavy (non-hydrogen) atoms. The predicted molar refractivity (Wildman–Crippen MR) is 63.7 cm³/mol. The molecular formula is C13H23NO. The number of rotatable bonds is 7. The van der Waals surface area contributed by atoms with E-state index in [1.807, 2.05) is 12.3 Å². The molecule has 0 amide bonds. The van der Waals surface area contributed by atoms with Gasteiger partial charge in [0, 0.05) is 18.2 Å². The highest BCUT2D eigenvalue weighted by Crippen LogP contribution is 2.12. The molecule has 2 heteroatoms. The lowest BCUT2D eigenvalue weighted by molar-refractivity contribution is 0.383. The SMILES string of the molecule is CCC(C)CC(CC)NCc1ccoc1. The fourth-order valence-electron chi connectivity index (χ4n) is 1.70. The molecule has 0 aromatic carbocycles. The van der Waals surface area contributed by atoms with Gasteiger partial charge in [-0.3, -0.25) is 0 Å². The Morgan fingerprint density at radius 1 is 1.33 bits per heavy atom. The van der Waals surface area contributed by atoms with Crippen molar-refractivity contribution in [3.63, 3.8) is 0 Å². The second kappa shape index (κ2) is 6.67. The summed E-state index contributed by atoms with van der Waals surface area (Å²) in [5.41, 5.74) is 1.23. The van der Waals surface area contributed by atoms with Gasteiger partial charge in [-0.25, -0.2) is 0 Å². The first kappa shape index (κ1) is 12.3. The van der Waals surface area contributed by atoms with Crippen LogP contribution in [-0.4, -0.2) is 6.04 Å². The first-order chi connectivity index (χ1) is 7.26. The van der Waals surface area contributed by atoms with Gasteiger partial charge in [0.05, 0.1) is 12.5 Å². The number of furan rings is 1. The number of nitrogens with one attached hydrogen (secondary N) is 1. The van der Waals surface area contributed by atoms with Crippen molar-refractivity contribution in [2.45, 2.75) is 52.6 Å². The Hall–Kier alpha value is -0.760. The van der Waals surface area contributed by atoms with Crippen molar-refractivity contribution in [3.8, 4) is 0 Å². The summed E-state index contributed by atoms with van der Waals surface area (Å²) in [7, 11) is 0. The van der Waals surface area contributed by atoms with Crippen molar-refractivity contribution in [2.24, 2.45) is 5.92 Å². The molecule has 0 saturated carbocycles. The van der Waals surface area contributed by atoms with Crippen molar-refractivity contribution in [1.82, 2.24) is 5.32 Å². The molecule has 1 N–H and O–H groups in total. The molecule has 2 nitrogen and oxygen atoms in total. The van der Waals surface area contributed by atoms with Crippen molar-refractivity contribution >= 4 is 0 Å². The van der Waals surface area contributed by atoms with E-state index >= 15 is 0 Å². The Morgan fingerprint density at radius 3 is 2.67 bits per heavy atom. The molecular weight excluding hydrogens is 186 g/mol. The molecule has 86 valence electrons. The highest BCUT2D eigenvalue weighted by Gasteiger charge is 2.09. The van der Waals surface area contributed by atoms with Gasteiger partial charge in [-0.1, -0.05) is 27.2 Å². The van der Waals surface area contributed by atoms with E-state index in [0.717, 1.165) is 12.5 Å². The molecule has 1 rings (SSSR count). The third-order valence-corrected chi connectivity index (χ3v) is 3.05. The third kappa shape index (κ3) is 4.52. The van der Waals surface area contributed by atoms with Gasteiger partial charge < -0.3 is 9.73 Å². The summed E-state index contributed by atoms with van der Waals surface area (Å²) in [6.07, 6.45) is 7.27. The first-order valence-corrected chi connectivity index (χ1v) is 6.00. The predicted octanol–water partition coefficient (Wildman–Crippen LogP) is 3.58. The molecule has 0 fully saturated rings. The number of hydrogen-bond acceptors (Lipinski definition) is 2. The lowest BCUT2D eigenvalue weighted by Gasteiger charge is -2.19. The van der Waals surface area contributed by atoms with Crippen LogP contribution in [0.1, 0.15) is 45.6 Å². The topological polar surface area (TPSA) is 25.2 Å². The van der Waals surface area contributed by atoms with Crippen LogP contribution in [0, 0.1) is 5.92 Å². The Kier molecular flexibility index (Phi) is 5.48. The molecule has 0 aliphatic rings. The minimum Gasteiger partial charge on any atom is -0.472 e. The zero-order chi connectivity index (χ0) is 11.1. The summed E-state index contributed by atoms with van der Waals surface area (Å²) < 4.78 is 5.04. The van der Waals surface area contributed by atoms with E-state index in [9.17, 15) is 0 Å². The monoisotopic (exact) mass is 209 g/mol. The molecule has 0 radical (unpaired) electrons. The van der Waals surface area contributed by atoms with Gasteiger partial charge in [-0.15, -0.1) is 0 Å². The largest absolute Gasteiger partial charge is 0.472 e. The normalized spacial score (nSPS) is 15.1. The molecule has 2 unspecified atom stereocenters. The summed E-state index contributed by atoms with van der Waals surface area (Å²) in [6.45, 7) is 7.75. The maximum Gasteiger partial charge on any atom is 0.0947 e. The van der Waals surface area contributed by atoms with E-state index in [2.05, 4.69) is 26.1 Å². The van der Waals surface area contributed by atoms with Gasteiger partial charge in [0.2, 0.25) is 0 Å². The van der Waals surface area contributed by atoms with Crippen LogP contribution in [0.3, 0.4) is 0 Å². The van der Waals surface area contributed by atoms with Gasteiger partial charge in [0.25, 0.3) is 0 Å². The van der Waals surface area contributed by atoms with E-state index in [1.54, 1.807) is 6.26 Å². The Balaban J connectivity index is 2.27. The molecule has 1 aromatic heterocycles. The summed E-state index contributed by atoms with van der Waals surface area (Å²) >= 11 is 0. The summed E-state index contributed by atoms with van der Waals surface area (Å²) in [5.74, 6) is 0.812. The van der Waals surface area contributed by atoms with Gasteiger partial charge in [0.1, 0.15) is 0 Å². The fourth-order valence-corrected chi connectivity index (χ4v) is 1.70. The molecule has 0 bridgehead atoms. The zero-order valence-electron chi connectivity index (χ0n) is 10.1. The zero-order valence-corrected chi connectivity index (χ0v) is 10.1. The van der Waals surface area contributed by atoms with E-state index in [4.69, 9.17) is 4.42 Å². The minimum atomic E-state index is 0.634. The van der Waals surface area contributed by atoms with Crippen molar-refractivity contribution in [1.29, 1.82) is 0 Å². The van der Waals surface area contributed by atoms with Crippen molar-refractivity contribution in [3.05, 3.63) is 24.2 Å². The number of hydrogen-bond donors (Lipinski definition) is 1. The van der Waals surface area contributed by atoms with Crippen LogP contribution in [-0.2, 0) is 6.54 Å². The standard InChI is InChI=1S/C13H23NO/c1-4-11(3)8-13(5-2)14-9-12-6-7-15-10-12/h6-7,10-11,13-14H,4-5,8-9H2,1-3H3. The third-order valence-electron chi connectivity index (χ3n) is 3.05. The highest BCUT2D eigenvalue weighted by atomic mass is 16.3.